The number of carbonyl (C=O) groups is 1. The van der Waals surface area contributed by atoms with Gasteiger partial charge in [0, 0.05) is 29.6 Å². The summed E-state index contributed by atoms with van der Waals surface area (Å²) >= 11 is 0. The van der Waals surface area contributed by atoms with E-state index in [-0.39, 0.29) is 17.7 Å². The summed E-state index contributed by atoms with van der Waals surface area (Å²) in [6.45, 7) is 0. The van der Waals surface area contributed by atoms with Gasteiger partial charge in [0.25, 0.3) is 5.91 Å². The zero-order valence-electron chi connectivity index (χ0n) is 14.6. The van der Waals surface area contributed by atoms with Gasteiger partial charge in [-0.2, -0.15) is 5.26 Å². The molecule has 2 heterocycles. The summed E-state index contributed by atoms with van der Waals surface area (Å²) in [6, 6.07) is 12.9. The van der Waals surface area contributed by atoms with Crippen molar-refractivity contribution < 1.29 is 9.63 Å². The van der Waals surface area contributed by atoms with Gasteiger partial charge in [0.15, 0.2) is 0 Å². The van der Waals surface area contributed by atoms with E-state index in [4.69, 9.17) is 10.1 Å². The summed E-state index contributed by atoms with van der Waals surface area (Å²) in [5, 5.41) is 16.4. The van der Waals surface area contributed by atoms with Gasteiger partial charge in [-0.1, -0.05) is 11.2 Å². The molecule has 134 valence electrons. The Hall–Kier alpha value is -3.20. The van der Waals surface area contributed by atoms with Crippen LogP contribution >= 0.6 is 0 Å². The highest BCUT2D eigenvalue weighted by atomic mass is 16.7. The van der Waals surface area contributed by atoms with E-state index in [0.29, 0.717) is 17.2 Å². The van der Waals surface area contributed by atoms with Crippen LogP contribution in [0.1, 0.15) is 30.4 Å². The topological polar surface area (TPSA) is 87.4 Å². The molecular weight excluding hydrogens is 340 g/mol. The van der Waals surface area contributed by atoms with E-state index in [0.717, 1.165) is 30.5 Å². The molecule has 4 unspecified atom stereocenters. The van der Waals surface area contributed by atoms with Gasteiger partial charge in [0.1, 0.15) is 0 Å². The summed E-state index contributed by atoms with van der Waals surface area (Å²) in [7, 11) is 0. The smallest absolute Gasteiger partial charge is 0.272 e. The molecular formula is C21H18N4O2. The van der Waals surface area contributed by atoms with Crippen molar-refractivity contribution in [1.29, 1.82) is 5.26 Å². The number of nitriles is 1. The zero-order chi connectivity index (χ0) is 18.4. The Labute approximate surface area is 156 Å². The quantitative estimate of drug-likeness (QED) is 0.913. The van der Waals surface area contributed by atoms with Gasteiger partial charge in [0.05, 0.1) is 23.3 Å². The fraction of sp³-hybridized carbons (Fsp3) is 0.333. The van der Waals surface area contributed by atoms with Gasteiger partial charge in [-0.3, -0.25) is 9.78 Å². The summed E-state index contributed by atoms with van der Waals surface area (Å²) in [4.78, 5) is 23.5. The molecule has 2 bridgehead atoms. The third-order valence-corrected chi connectivity index (χ3v) is 6.16. The number of aromatic nitrogens is 1. The van der Waals surface area contributed by atoms with Crippen LogP contribution in [-0.4, -0.2) is 22.2 Å². The molecule has 1 aromatic carbocycles. The summed E-state index contributed by atoms with van der Waals surface area (Å²) in [5.41, 5.74) is 1.90. The number of anilines is 1. The normalized spacial score (nSPS) is 30.2. The molecule has 27 heavy (non-hydrogen) atoms. The monoisotopic (exact) mass is 358 g/mol. The maximum atomic E-state index is 13.4. The summed E-state index contributed by atoms with van der Waals surface area (Å²) in [5.74, 6) is 0.328. The second kappa shape index (κ2) is 5.92. The van der Waals surface area contributed by atoms with Crippen LogP contribution in [-0.2, 0) is 9.63 Å². The third kappa shape index (κ3) is 2.28. The van der Waals surface area contributed by atoms with Crippen LogP contribution < -0.4 is 5.32 Å². The average Bonchev–Trinajstić information content (AvgIpc) is 3.41. The molecule has 2 aromatic rings. The zero-order valence-corrected chi connectivity index (χ0v) is 14.6. The van der Waals surface area contributed by atoms with E-state index in [1.807, 2.05) is 12.1 Å². The number of oxime groups is 1. The Balaban J connectivity index is 1.49. The standard InChI is InChI=1S/C21H18N4O2/c22-11-13-3-1-5-17(9-13)24-20(26)21-16-7-6-14(10-16)18(21)19(25-27-21)15-4-2-8-23-12-15/h1-5,8-9,12,14,16,18H,6-7,10H2,(H,24,26). The predicted molar refractivity (Wildman–Crippen MR) is 98.7 cm³/mol. The summed E-state index contributed by atoms with van der Waals surface area (Å²) in [6.07, 6.45) is 6.55. The van der Waals surface area contributed by atoms with Crippen molar-refractivity contribution >= 4 is 17.3 Å². The van der Waals surface area contributed by atoms with Gasteiger partial charge in [-0.05, 0) is 55.5 Å². The molecule has 3 aliphatic rings. The second-order valence-electron chi connectivity index (χ2n) is 7.50. The van der Waals surface area contributed by atoms with Gasteiger partial charge in [-0.15, -0.1) is 0 Å². The number of pyridine rings is 1. The number of benzene rings is 1. The molecule has 5 rings (SSSR count). The Bertz CT molecular complexity index is 981. The fourth-order valence-electron chi connectivity index (χ4n) is 5.06. The van der Waals surface area contributed by atoms with Crippen molar-refractivity contribution in [1.82, 2.24) is 4.98 Å². The fourth-order valence-corrected chi connectivity index (χ4v) is 5.06. The highest BCUT2D eigenvalue weighted by Crippen LogP contribution is 2.60. The first-order valence-corrected chi connectivity index (χ1v) is 9.20. The van der Waals surface area contributed by atoms with E-state index in [9.17, 15) is 4.79 Å². The van der Waals surface area contributed by atoms with E-state index < -0.39 is 5.60 Å². The lowest BCUT2D eigenvalue weighted by molar-refractivity contribution is -0.149. The molecule has 0 spiro atoms. The van der Waals surface area contributed by atoms with Crippen molar-refractivity contribution in [2.24, 2.45) is 22.9 Å². The van der Waals surface area contributed by atoms with Crippen molar-refractivity contribution in [3.8, 4) is 6.07 Å². The van der Waals surface area contributed by atoms with E-state index in [1.54, 1.807) is 36.7 Å². The van der Waals surface area contributed by atoms with Crippen LogP contribution in [0.3, 0.4) is 0 Å². The van der Waals surface area contributed by atoms with Gasteiger partial charge in [-0.25, -0.2) is 0 Å². The van der Waals surface area contributed by atoms with Gasteiger partial charge in [0.2, 0.25) is 5.60 Å². The maximum Gasteiger partial charge on any atom is 0.272 e. The van der Waals surface area contributed by atoms with Crippen molar-refractivity contribution in [2.45, 2.75) is 24.9 Å². The largest absolute Gasteiger partial charge is 0.378 e. The second-order valence-corrected chi connectivity index (χ2v) is 7.50. The third-order valence-electron chi connectivity index (χ3n) is 6.16. The number of hydrogen-bond acceptors (Lipinski definition) is 5. The molecule has 1 amide bonds. The summed E-state index contributed by atoms with van der Waals surface area (Å²) < 4.78 is 0. The van der Waals surface area contributed by atoms with E-state index in [2.05, 4.69) is 21.5 Å². The minimum absolute atomic E-state index is 0.0559. The molecule has 0 saturated heterocycles. The lowest BCUT2D eigenvalue weighted by Crippen LogP contribution is -2.53. The number of hydrogen-bond donors (Lipinski definition) is 1. The highest BCUT2D eigenvalue weighted by molar-refractivity contribution is 6.10. The maximum absolute atomic E-state index is 13.4. The number of rotatable bonds is 3. The van der Waals surface area contributed by atoms with Crippen molar-refractivity contribution in [3.05, 3.63) is 59.9 Å². The minimum Gasteiger partial charge on any atom is -0.378 e. The van der Waals surface area contributed by atoms with E-state index in [1.165, 1.54) is 0 Å². The lowest BCUT2D eigenvalue weighted by atomic mass is 9.72. The molecule has 2 fully saturated rings. The number of nitrogens with zero attached hydrogens (tertiary/aromatic N) is 3. The molecule has 0 radical (unpaired) electrons. The SMILES string of the molecule is N#Cc1cccc(NC(=O)C23ON=C(c4cccnc4)C2C2CCC3C2)c1. The first-order valence-electron chi connectivity index (χ1n) is 9.20. The highest BCUT2D eigenvalue weighted by Gasteiger charge is 2.69. The van der Waals surface area contributed by atoms with Crippen LogP contribution in [0, 0.1) is 29.1 Å². The molecule has 6 heteroatoms. The Morgan fingerprint density at radius 3 is 3.04 bits per heavy atom. The van der Waals surface area contributed by atoms with Crippen LogP contribution in [0.25, 0.3) is 0 Å². The van der Waals surface area contributed by atoms with Crippen LogP contribution in [0.4, 0.5) is 5.69 Å². The van der Waals surface area contributed by atoms with E-state index >= 15 is 0 Å². The Kier molecular flexibility index (Phi) is 3.51. The number of fused-ring (bicyclic) bond motifs is 5. The molecule has 2 saturated carbocycles. The first-order chi connectivity index (χ1) is 13.2. The number of amides is 1. The number of carbonyl (C=O) groups excluding carboxylic acids is 1. The van der Waals surface area contributed by atoms with Crippen LogP contribution in [0.15, 0.2) is 53.9 Å². The Morgan fingerprint density at radius 2 is 2.22 bits per heavy atom. The predicted octanol–water partition coefficient (Wildman–Crippen LogP) is 3.11. The van der Waals surface area contributed by atoms with Crippen molar-refractivity contribution in [2.75, 3.05) is 5.32 Å². The number of nitrogens with one attached hydrogen (secondary N) is 1. The van der Waals surface area contributed by atoms with Gasteiger partial charge < -0.3 is 10.2 Å². The molecule has 1 N–H and O–H groups in total. The van der Waals surface area contributed by atoms with Crippen molar-refractivity contribution in [3.63, 3.8) is 0 Å². The molecule has 2 aliphatic carbocycles. The molecule has 4 atom stereocenters. The minimum atomic E-state index is -0.962. The molecule has 6 nitrogen and oxygen atoms in total. The average molecular weight is 358 g/mol. The molecule has 1 aromatic heterocycles. The van der Waals surface area contributed by atoms with Crippen LogP contribution in [0.5, 0.6) is 0 Å². The molecule has 1 aliphatic heterocycles. The van der Waals surface area contributed by atoms with Gasteiger partial charge >= 0.3 is 0 Å². The Morgan fingerprint density at radius 1 is 1.30 bits per heavy atom. The lowest BCUT2D eigenvalue weighted by Gasteiger charge is -2.35. The van der Waals surface area contributed by atoms with Crippen LogP contribution in [0.2, 0.25) is 0 Å². The first kappa shape index (κ1) is 16.0.